The van der Waals surface area contributed by atoms with E-state index in [1.54, 1.807) is 24.4 Å². The molecule has 0 bridgehead atoms. The first-order valence-corrected chi connectivity index (χ1v) is 6.18. The Labute approximate surface area is 116 Å². The van der Waals surface area contributed by atoms with Gasteiger partial charge in [-0.05, 0) is 42.3 Å². The molecule has 0 aliphatic heterocycles. The number of nitrogens with two attached hydrogens (primary N) is 1. The van der Waals surface area contributed by atoms with Crippen molar-refractivity contribution >= 4 is 23.2 Å². The molecular weight excluding hydrogens is 262 g/mol. The number of primary amides is 1. The smallest absolute Gasteiger partial charge is 0.250 e. The lowest BCUT2D eigenvalue weighted by Crippen LogP contribution is -2.11. The molecule has 0 atom stereocenters. The molecule has 0 saturated heterocycles. The lowest BCUT2D eigenvalue weighted by atomic mass is 10.1. The first kappa shape index (κ1) is 13.4. The Morgan fingerprint density at radius 1 is 1.42 bits per heavy atom. The van der Waals surface area contributed by atoms with Gasteiger partial charge in [0.25, 0.3) is 0 Å². The van der Waals surface area contributed by atoms with E-state index in [2.05, 4.69) is 10.3 Å². The van der Waals surface area contributed by atoms with Crippen molar-refractivity contribution in [3.8, 4) is 0 Å². The van der Waals surface area contributed by atoms with E-state index in [0.717, 1.165) is 11.3 Å². The summed E-state index contributed by atoms with van der Waals surface area (Å²) in [4.78, 5) is 15.2. The Morgan fingerprint density at radius 3 is 2.84 bits per heavy atom. The average Bonchev–Trinajstić information content (AvgIpc) is 2.37. The Morgan fingerprint density at radius 2 is 2.21 bits per heavy atom. The molecule has 1 aromatic heterocycles. The number of amides is 1. The summed E-state index contributed by atoms with van der Waals surface area (Å²) in [6, 6.07) is 7.04. The Bertz CT molecular complexity index is 613. The van der Waals surface area contributed by atoms with Crippen LogP contribution in [0.4, 0.5) is 5.69 Å². The fourth-order valence-corrected chi connectivity index (χ4v) is 1.98. The van der Waals surface area contributed by atoms with Gasteiger partial charge in [0.05, 0.1) is 10.6 Å². The summed E-state index contributed by atoms with van der Waals surface area (Å²) in [6.45, 7) is 2.67. The predicted molar refractivity (Wildman–Crippen MR) is 76.3 cm³/mol. The highest BCUT2D eigenvalue weighted by atomic mass is 35.5. The van der Waals surface area contributed by atoms with Crippen molar-refractivity contribution in [2.75, 3.05) is 5.32 Å². The summed E-state index contributed by atoms with van der Waals surface area (Å²) in [7, 11) is 0. The number of aryl methyl sites for hydroxylation is 1. The first-order chi connectivity index (χ1) is 9.08. The molecule has 0 aliphatic carbocycles. The Hall–Kier alpha value is -2.07. The molecule has 0 unspecified atom stereocenters. The molecule has 4 nitrogen and oxygen atoms in total. The van der Waals surface area contributed by atoms with Gasteiger partial charge in [0.1, 0.15) is 0 Å². The number of halogens is 1. The summed E-state index contributed by atoms with van der Waals surface area (Å²) in [5.74, 6) is -0.528. The predicted octanol–water partition coefficient (Wildman–Crippen LogP) is 2.75. The number of carbonyl (C=O) groups is 1. The molecule has 19 heavy (non-hydrogen) atoms. The van der Waals surface area contributed by atoms with Gasteiger partial charge >= 0.3 is 0 Å². The molecule has 1 heterocycles. The summed E-state index contributed by atoms with van der Waals surface area (Å²) >= 11 is 5.98. The number of nitrogens with one attached hydrogen (secondary N) is 1. The van der Waals surface area contributed by atoms with Crippen LogP contribution in [0.5, 0.6) is 0 Å². The van der Waals surface area contributed by atoms with Gasteiger partial charge in [-0.1, -0.05) is 11.6 Å². The van der Waals surface area contributed by atoms with E-state index in [1.165, 1.54) is 5.56 Å². The highest BCUT2D eigenvalue weighted by Crippen LogP contribution is 2.21. The van der Waals surface area contributed by atoms with Crippen molar-refractivity contribution in [3.05, 3.63) is 58.4 Å². The number of carbonyl (C=O) groups excluding carboxylic acids is 1. The van der Waals surface area contributed by atoms with E-state index in [0.29, 0.717) is 17.1 Å². The summed E-state index contributed by atoms with van der Waals surface area (Å²) in [5, 5.41) is 3.58. The number of hydrogen-bond acceptors (Lipinski definition) is 3. The van der Waals surface area contributed by atoms with Crippen LogP contribution in [0, 0.1) is 6.92 Å². The second kappa shape index (κ2) is 5.71. The Balaban J connectivity index is 2.11. The van der Waals surface area contributed by atoms with Crippen LogP contribution in [-0.4, -0.2) is 10.9 Å². The summed E-state index contributed by atoms with van der Waals surface area (Å²) < 4.78 is 0. The minimum absolute atomic E-state index is 0.324. The molecule has 98 valence electrons. The van der Waals surface area contributed by atoms with Gasteiger partial charge in [-0.2, -0.15) is 0 Å². The van der Waals surface area contributed by atoms with Crippen LogP contribution in [0.1, 0.15) is 21.5 Å². The number of aromatic nitrogens is 1. The van der Waals surface area contributed by atoms with Gasteiger partial charge in [-0.3, -0.25) is 9.78 Å². The van der Waals surface area contributed by atoms with Crippen LogP contribution in [0.15, 0.2) is 36.7 Å². The lowest BCUT2D eigenvalue weighted by Gasteiger charge is -2.09. The average molecular weight is 276 g/mol. The van der Waals surface area contributed by atoms with E-state index >= 15 is 0 Å². The monoisotopic (exact) mass is 275 g/mol. The molecule has 3 N–H and O–H groups in total. The molecular formula is C14H14ClN3O. The van der Waals surface area contributed by atoms with Crippen molar-refractivity contribution in [1.82, 2.24) is 4.98 Å². The van der Waals surface area contributed by atoms with Gasteiger partial charge in [-0.25, -0.2) is 0 Å². The quantitative estimate of drug-likeness (QED) is 0.901. The first-order valence-electron chi connectivity index (χ1n) is 5.80. The van der Waals surface area contributed by atoms with Crippen LogP contribution in [0.25, 0.3) is 0 Å². The number of pyridine rings is 1. The maximum Gasteiger partial charge on any atom is 0.250 e. The van der Waals surface area contributed by atoms with Crippen molar-refractivity contribution in [1.29, 1.82) is 0 Å². The molecule has 0 fully saturated rings. The number of benzene rings is 1. The zero-order valence-corrected chi connectivity index (χ0v) is 11.2. The van der Waals surface area contributed by atoms with Crippen molar-refractivity contribution in [2.24, 2.45) is 5.73 Å². The van der Waals surface area contributed by atoms with Gasteiger partial charge in [0, 0.05) is 24.6 Å². The third kappa shape index (κ3) is 3.23. The topological polar surface area (TPSA) is 68.0 Å². The maximum atomic E-state index is 11.1. The zero-order valence-electron chi connectivity index (χ0n) is 10.5. The highest BCUT2D eigenvalue weighted by molar-refractivity contribution is 6.34. The van der Waals surface area contributed by atoms with Crippen molar-refractivity contribution in [2.45, 2.75) is 13.5 Å². The second-order valence-corrected chi connectivity index (χ2v) is 4.62. The van der Waals surface area contributed by atoms with E-state index in [9.17, 15) is 4.79 Å². The summed E-state index contributed by atoms with van der Waals surface area (Å²) in [6.07, 6.45) is 3.58. The molecule has 1 amide bonds. The Kier molecular flexibility index (Phi) is 4.02. The molecule has 2 rings (SSSR count). The molecule has 2 aromatic rings. The van der Waals surface area contributed by atoms with Crippen LogP contribution in [0.2, 0.25) is 5.02 Å². The molecule has 1 aromatic carbocycles. The molecule has 5 heteroatoms. The van der Waals surface area contributed by atoms with E-state index < -0.39 is 5.91 Å². The molecule has 0 aliphatic rings. The molecule has 0 saturated carbocycles. The minimum Gasteiger partial charge on any atom is -0.381 e. The second-order valence-electron chi connectivity index (χ2n) is 4.21. The third-order valence-electron chi connectivity index (χ3n) is 2.86. The van der Waals surface area contributed by atoms with Gasteiger partial charge in [-0.15, -0.1) is 0 Å². The zero-order chi connectivity index (χ0) is 13.8. The normalized spacial score (nSPS) is 10.2. The number of anilines is 1. The standard InChI is InChI=1S/C14H14ClN3O/c1-9-4-5-17-7-10(9)8-18-11-2-3-12(14(16)19)13(15)6-11/h2-7,18H,8H2,1H3,(H2,16,19). The van der Waals surface area contributed by atoms with Crippen molar-refractivity contribution in [3.63, 3.8) is 0 Å². The van der Waals surface area contributed by atoms with Crippen LogP contribution in [-0.2, 0) is 6.54 Å². The lowest BCUT2D eigenvalue weighted by molar-refractivity contribution is 0.100. The summed E-state index contributed by atoms with van der Waals surface area (Å²) in [5.41, 5.74) is 8.63. The highest BCUT2D eigenvalue weighted by Gasteiger charge is 2.07. The van der Waals surface area contributed by atoms with E-state index in [4.69, 9.17) is 17.3 Å². The maximum absolute atomic E-state index is 11.1. The fraction of sp³-hybridized carbons (Fsp3) is 0.143. The van der Waals surface area contributed by atoms with Crippen LogP contribution < -0.4 is 11.1 Å². The number of nitrogens with zero attached hydrogens (tertiary/aromatic N) is 1. The minimum atomic E-state index is -0.528. The largest absolute Gasteiger partial charge is 0.381 e. The number of hydrogen-bond donors (Lipinski definition) is 2. The van der Waals surface area contributed by atoms with Crippen LogP contribution in [0.3, 0.4) is 0 Å². The molecule has 0 spiro atoms. The van der Waals surface area contributed by atoms with Crippen molar-refractivity contribution < 1.29 is 4.79 Å². The van der Waals surface area contributed by atoms with Gasteiger partial charge in [0.15, 0.2) is 0 Å². The number of rotatable bonds is 4. The van der Waals surface area contributed by atoms with Crippen LogP contribution >= 0.6 is 11.6 Å². The SMILES string of the molecule is Cc1ccncc1CNc1ccc(C(N)=O)c(Cl)c1. The fourth-order valence-electron chi connectivity index (χ4n) is 1.70. The third-order valence-corrected chi connectivity index (χ3v) is 3.18. The van der Waals surface area contributed by atoms with Gasteiger partial charge < -0.3 is 11.1 Å². The van der Waals surface area contributed by atoms with Gasteiger partial charge in [0.2, 0.25) is 5.91 Å². The van der Waals surface area contributed by atoms with E-state index in [1.807, 2.05) is 19.2 Å². The molecule has 0 radical (unpaired) electrons. The van der Waals surface area contributed by atoms with E-state index in [-0.39, 0.29) is 0 Å².